The molecule has 1 N–H and O–H groups in total. The van der Waals surface area contributed by atoms with Gasteiger partial charge in [-0.1, -0.05) is 12.1 Å². The highest BCUT2D eigenvalue weighted by molar-refractivity contribution is 5.86. The van der Waals surface area contributed by atoms with E-state index in [0.717, 1.165) is 24.5 Å². The molecule has 11 heteroatoms. The summed E-state index contributed by atoms with van der Waals surface area (Å²) in [5.74, 6) is -1.34. The minimum atomic E-state index is -4.45. The van der Waals surface area contributed by atoms with Crippen LogP contribution in [0.2, 0.25) is 0 Å². The maximum atomic E-state index is 12.8. The summed E-state index contributed by atoms with van der Waals surface area (Å²) in [6.07, 6.45) is -1.92. The van der Waals surface area contributed by atoms with Gasteiger partial charge in [0.25, 0.3) is 0 Å². The van der Waals surface area contributed by atoms with Crippen LogP contribution < -0.4 is 4.90 Å². The number of nitrogens with zero attached hydrogens (tertiary/aromatic N) is 3. The third-order valence-electron chi connectivity index (χ3n) is 4.68. The van der Waals surface area contributed by atoms with Crippen LogP contribution in [0, 0.1) is 0 Å². The van der Waals surface area contributed by atoms with E-state index in [4.69, 9.17) is 5.11 Å². The number of hydrogen-bond donors (Lipinski definition) is 1. The van der Waals surface area contributed by atoms with Crippen molar-refractivity contribution >= 4 is 11.9 Å². The Morgan fingerprint density at radius 2 is 1.83 bits per heavy atom. The summed E-state index contributed by atoms with van der Waals surface area (Å²) in [5.41, 5.74) is -0.293. The first-order chi connectivity index (χ1) is 13.6. The molecule has 3 rings (SSSR count). The molecule has 0 bridgehead atoms. The average molecular weight is 417 g/mol. The minimum absolute atomic E-state index is 0.132. The fraction of sp³-hybridized carbons (Fsp3) is 0.389. The Kier molecular flexibility index (Phi) is 5.96. The van der Waals surface area contributed by atoms with Gasteiger partial charge >= 0.3 is 18.8 Å². The monoisotopic (exact) mass is 417 g/mol. The fourth-order valence-corrected chi connectivity index (χ4v) is 3.27. The lowest BCUT2D eigenvalue weighted by molar-refractivity contribution is -0.137. The summed E-state index contributed by atoms with van der Waals surface area (Å²) in [6, 6.07) is 4.11. The molecule has 1 fully saturated rings. The van der Waals surface area contributed by atoms with E-state index in [-0.39, 0.29) is 30.6 Å². The van der Waals surface area contributed by atoms with Gasteiger partial charge in [0.05, 0.1) is 23.8 Å². The second-order valence-electron chi connectivity index (χ2n) is 6.53. The van der Waals surface area contributed by atoms with E-state index < -0.39 is 30.4 Å². The van der Waals surface area contributed by atoms with Crippen molar-refractivity contribution in [3.8, 4) is 0 Å². The van der Waals surface area contributed by atoms with Crippen molar-refractivity contribution in [2.45, 2.75) is 31.2 Å². The van der Waals surface area contributed by atoms with Crippen LogP contribution in [0.4, 0.5) is 27.9 Å². The van der Waals surface area contributed by atoms with E-state index in [1.165, 1.54) is 12.1 Å². The van der Waals surface area contributed by atoms with Crippen LogP contribution >= 0.6 is 0 Å². The van der Waals surface area contributed by atoms with Gasteiger partial charge < -0.3 is 14.7 Å². The van der Waals surface area contributed by atoms with Crippen molar-refractivity contribution < 1.29 is 36.6 Å². The molecule has 0 saturated carbocycles. The number of aromatic nitrogens is 2. The van der Waals surface area contributed by atoms with Crippen LogP contribution in [0.5, 0.6) is 0 Å². The molecule has 1 aliphatic heterocycles. The maximum Gasteiger partial charge on any atom is 0.416 e. The largest absolute Gasteiger partial charge is 0.478 e. The van der Waals surface area contributed by atoms with Crippen LogP contribution in [-0.2, 0) is 10.9 Å². The molecule has 2 aromatic rings. The fourth-order valence-electron chi connectivity index (χ4n) is 3.27. The molecule has 2 atom stereocenters. The highest BCUT2D eigenvalue weighted by atomic mass is 19.4. The quantitative estimate of drug-likeness (QED) is 0.721. The SMILES string of the molecule is O=C(O)c1cnc(N2CC(c3ccc(C(F)(F)F)cc3)C[C@H]2COC(F)F)nc1. The first-order valence-electron chi connectivity index (χ1n) is 8.54. The molecule has 0 amide bonds. The van der Waals surface area contributed by atoms with Crippen molar-refractivity contribution in [1.29, 1.82) is 0 Å². The van der Waals surface area contributed by atoms with Crippen molar-refractivity contribution in [1.82, 2.24) is 9.97 Å². The summed E-state index contributed by atoms with van der Waals surface area (Å²) in [4.78, 5) is 20.5. The third-order valence-corrected chi connectivity index (χ3v) is 4.68. The molecule has 1 aliphatic rings. The highest BCUT2D eigenvalue weighted by Crippen LogP contribution is 2.36. The van der Waals surface area contributed by atoms with Gasteiger partial charge in [0.2, 0.25) is 5.95 Å². The zero-order valence-corrected chi connectivity index (χ0v) is 14.8. The van der Waals surface area contributed by atoms with E-state index in [2.05, 4.69) is 14.7 Å². The van der Waals surface area contributed by atoms with E-state index in [1.807, 2.05) is 0 Å². The maximum absolute atomic E-state index is 12.8. The van der Waals surface area contributed by atoms with Crippen molar-refractivity contribution in [3.05, 3.63) is 53.3 Å². The van der Waals surface area contributed by atoms with Crippen molar-refractivity contribution in [3.63, 3.8) is 0 Å². The zero-order valence-electron chi connectivity index (χ0n) is 14.8. The highest BCUT2D eigenvalue weighted by Gasteiger charge is 2.36. The van der Waals surface area contributed by atoms with Crippen molar-refractivity contribution in [2.24, 2.45) is 0 Å². The Hall–Kier alpha value is -2.82. The lowest BCUT2D eigenvalue weighted by Gasteiger charge is -2.24. The van der Waals surface area contributed by atoms with Gasteiger partial charge in [-0.2, -0.15) is 22.0 Å². The van der Waals surface area contributed by atoms with Gasteiger partial charge in [-0.3, -0.25) is 0 Å². The Bertz CT molecular complexity index is 843. The molecule has 0 spiro atoms. The number of ether oxygens (including phenoxy) is 1. The Balaban J connectivity index is 1.81. The predicted molar refractivity (Wildman–Crippen MR) is 90.9 cm³/mol. The molecule has 1 aromatic heterocycles. The van der Waals surface area contributed by atoms with Crippen molar-refractivity contribution in [2.75, 3.05) is 18.1 Å². The summed E-state index contributed by atoms with van der Waals surface area (Å²) in [7, 11) is 0. The molecule has 1 unspecified atom stereocenters. The number of anilines is 1. The summed E-state index contributed by atoms with van der Waals surface area (Å²) >= 11 is 0. The van der Waals surface area contributed by atoms with Crippen LogP contribution in [0.25, 0.3) is 0 Å². The Morgan fingerprint density at radius 3 is 2.34 bits per heavy atom. The van der Waals surface area contributed by atoms with Crippen LogP contribution in [0.3, 0.4) is 0 Å². The molecular weight excluding hydrogens is 401 g/mol. The molecule has 1 aromatic carbocycles. The zero-order chi connectivity index (χ0) is 21.2. The first kappa shape index (κ1) is 20.9. The number of carboxylic acids is 1. The summed E-state index contributed by atoms with van der Waals surface area (Å²) in [6.45, 7) is -3.05. The number of carbonyl (C=O) groups is 1. The normalized spacial score (nSPS) is 19.7. The summed E-state index contributed by atoms with van der Waals surface area (Å²) < 4.78 is 67.7. The van der Waals surface area contributed by atoms with Gasteiger partial charge in [-0.25, -0.2) is 14.8 Å². The van der Waals surface area contributed by atoms with E-state index in [0.29, 0.717) is 12.0 Å². The number of aromatic carboxylic acids is 1. The van der Waals surface area contributed by atoms with Gasteiger partial charge in [0, 0.05) is 24.9 Å². The Labute approximate surface area is 161 Å². The molecule has 1 saturated heterocycles. The predicted octanol–water partition coefficient (Wildman–Crippen LogP) is 3.80. The minimum Gasteiger partial charge on any atom is -0.478 e. The van der Waals surface area contributed by atoms with Gasteiger partial charge in [-0.05, 0) is 24.1 Å². The van der Waals surface area contributed by atoms with Crippen LogP contribution in [0.1, 0.15) is 33.8 Å². The molecule has 29 heavy (non-hydrogen) atoms. The van der Waals surface area contributed by atoms with Gasteiger partial charge in [0.1, 0.15) is 0 Å². The molecule has 0 radical (unpaired) electrons. The molecule has 6 nitrogen and oxygen atoms in total. The van der Waals surface area contributed by atoms with Crippen LogP contribution in [-0.4, -0.2) is 46.8 Å². The van der Waals surface area contributed by atoms with E-state index >= 15 is 0 Å². The number of hydrogen-bond acceptors (Lipinski definition) is 5. The number of rotatable bonds is 6. The standard InChI is InChI=1S/C18H16F5N3O3/c19-16(20)29-9-14-5-11(10-1-3-13(4-2-10)18(21,22)23)8-26(14)17-24-6-12(7-25-17)15(27)28/h1-4,6-7,11,14,16H,5,8-9H2,(H,27,28)/t11?,14-/m0/s1. The van der Waals surface area contributed by atoms with E-state index in [1.54, 1.807) is 4.90 Å². The number of carboxylic acid groups (broad SMARTS) is 1. The Morgan fingerprint density at radius 1 is 1.21 bits per heavy atom. The molecular formula is C18H16F5N3O3. The van der Waals surface area contributed by atoms with Gasteiger partial charge in [-0.15, -0.1) is 0 Å². The molecule has 156 valence electrons. The summed E-state index contributed by atoms with van der Waals surface area (Å²) in [5, 5.41) is 8.93. The van der Waals surface area contributed by atoms with Gasteiger partial charge in [0.15, 0.2) is 0 Å². The second-order valence-corrected chi connectivity index (χ2v) is 6.53. The average Bonchev–Trinajstić information content (AvgIpc) is 3.10. The number of benzene rings is 1. The smallest absolute Gasteiger partial charge is 0.416 e. The van der Waals surface area contributed by atoms with Crippen LogP contribution in [0.15, 0.2) is 36.7 Å². The number of alkyl halides is 5. The van der Waals surface area contributed by atoms with E-state index in [9.17, 15) is 26.7 Å². The lowest BCUT2D eigenvalue weighted by Crippen LogP contribution is -2.35. The number of halogens is 5. The molecule has 0 aliphatic carbocycles. The second kappa shape index (κ2) is 8.27. The lowest BCUT2D eigenvalue weighted by atomic mass is 9.95. The first-order valence-corrected chi connectivity index (χ1v) is 8.54. The topological polar surface area (TPSA) is 75.5 Å². The third kappa shape index (κ3) is 4.97. The molecule has 2 heterocycles.